The van der Waals surface area contributed by atoms with Crippen LogP contribution in [-0.4, -0.2) is 24.4 Å². The maximum atomic E-state index is 13.0. The molecule has 0 aromatic heterocycles. The molecule has 1 N–H and O–H groups in total. The highest BCUT2D eigenvalue weighted by atomic mass is 19.1. The number of halogens is 2. The van der Waals surface area contributed by atoms with Gasteiger partial charge in [-0.25, -0.2) is 8.78 Å². The molecule has 0 aliphatic carbocycles. The van der Waals surface area contributed by atoms with E-state index in [2.05, 4.69) is 5.32 Å². The molecule has 1 heterocycles. The van der Waals surface area contributed by atoms with Crippen LogP contribution in [-0.2, 0) is 16.0 Å². The highest BCUT2D eigenvalue weighted by Crippen LogP contribution is 2.21. The molecule has 3 rings (SSSR count). The number of carbonyl (C=O) groups excluding carboxylic acids is 2. The number of nitrogens with zero attached hydrogens (tertiary/aromatic N) is 1. The first-order valence-corrected chi connectivity index (χ1v) is 7.61. The second kappa shape index (κ2) is 6.78. The molecule has 124 valence electrons. The maximum Gasteiger partial charge on any atom is 0.229 e. The van der Waals surface area contributed by atoms with Crippen LogP contribution in [0.15, 0.2) is 48.5 Å². The van der Waals surface area contributed by atoms with Gasteiger partial charge in [0.25, 0.3) is 0 Å². The highest BCUT2D eigenvalue weighted by Gasteiger charge is 2.31. The molecule has 2 amide bonds. The van der Waals surface area contributed by atoms with Crippen molar-refractivity contribution in [2.24, 2.45) is 0 Å². The van der Waals surface area contributed by atoms with Crippen LogP contribution in [0.3, 0.4) is 0 Å². The quantitative estimate of drug-likeness (QED) is 0.936. The normalized spacial score (nSPS) is 17.2. The van der Waals surface area contributed by atoms with E-state index in [9.17, 15) is 18.4 Å². The third kappa shape index (κ3) is 3.76. The molecule has 2 aromatic rings. The van der Waals surface area contributed by atoms with Crippen molar-refractivity contribution in [3.05, 3.63) is 65.7 Å². The minimum atomic E-state index is -0.366. The Bertz CT molecular complexity index is 745. The number of amides is 2. The molecule has 1 atom stereocenters. The van der Waals surface area contributed by atoms with Gasteiger partial charge in [0.15, 0.2) is 0 Å². The van der Waals surface area contributed by atoms with Gasteiger partial charge in [-0.05, 0) is 42.0 Å². The molecule has 0 saturated carbocycles. The van der Waals surface area contributed by atoms with Gasteiger partial charge in [-0.2, -0.15) is 0 Å². The van der Waals surface area contributed by atoms with E-state index < -0.39 is 0 Å². The minimum Gasteiger partial charge on any atom is -0.351 e. The summed E-state index contributed by atoms with van der Waals surface area (Å²) in [5.74, 6) is -1.06. The van der Waals surface area contributed by atoms with E-state index in [0.717, 1.165) is 0 Å². The molecule has 1 aliphatic heterocycles. The maximum absolute atomic E-state index is 13.0. The first-order chi connectivity index (χ1) is 11.5. The van der Waals surface area contributed by atoms with Crippen LogP contribution >= 0.6 is 0 Å². The van der Waals surface area contributed by atoms with Crippen molar-refractivity contribution in [1.82, 2.24) is 5.32 Å². The largest absolute Gasteiger partial charge is 0.351 e. The molecule has 4 nitrogen and oxygen atoms in total. The summed E-state index contributed by atoms with van der Waals surface area (Å²) in [7, 11) is 0. The molecule has 6 heteroatoms. The van der Waals surface area contributed by atoms with Crippen LogP contribution in [0.2, 0.25) is 0 Å². The molecule has 1 saturated heterocycles. The molecule has 0 bridgehead atoms. The van der Waals surface area contributed by atoms with Crippen molar-refractivity contribution < 1.29 is 18.4 Å². The number of benzene rings is 2. The van der Waals surface area contributed by atoms with E-state index in [-0.39, 0.29) is 42.3 Å². The number of nitrogens with one attached hydrogen (secondary N) is 1. The van der Waals surface area contributed by atoms with Crippen molar-refractivity contribution in [2.75, 3.05) is 11.4 Å². The van der Waals surface area contributed by atoms with Gasteiger partial charge in [0, 0.05) is 18.7 Å². The average molecular weight is 330 g/mol. The van der Waals surface area contributed by atoms with Crippen LogP contribution in [0, 0.1) is 11.6 Å². The van der Waals surface area contributed by atoms with E-state index in [0.29, 0.717) is 17.8 Å². The van der Waals surface area contributed by atoms with Gasteiger partial charge < -0.3 is 10.2 Å². The lowest BCUT2D eigenvalue weighted by atomic mass is 10.1. The Labute approximate surface area is 138 Å². The van der Waals surface area contributed by atoms with Gasteiger partial charge in [0.05, 0.1) is 12.5 Å². The number of hydrogen-bond donors (Lipinski definition) is 1. The fraction of sp³-hybridized carbons (Fsp3) is 0.222. The lowest BCUT2D eigenvalue weighted by Crippen LogP contribution is -2.38. The Balaban J connectivity index is 1.58. The zero-order valence-electron chi connectivity index (χ0n) is 12.8. The Morgan fingerprint density at radius 1 is 1.04 bits per heavy atom. The van der Waals surface area contributed by atoms with Crippen molar-refractivity contribution >= 4 is 17.5 Å². The highest BCUT2D eigenvalue weighted by molar-refractivity contribution is 5.96. The Hall–Kier alpha value is -2.76. The van der Waals surface area contributed by atoms with Gasteiger partial charge in [-0.1, -0.05) is 12.1 Å². The van der Waals surface area contributed by atoms with Crippen LogP contribution in [0.25, 0.3) is 0 Å². The number of anilines is 1. The van der Waals surface area contributed by atoms with E-state index >= 15 is 0 Å². The summed E-state index contributed by atoms with van der Waals surface area (Å²) in [4.78, 5) is 25.7. The molecule has 1 aliphatic rings. The topological polar surface area (TPSA) is 49.4 Å². The van der Waals surface area contributed by atoms with Gasteiger partial charge >= 0.3 is 0 Å². The van der Waals surface area contributed by atoms with Crippen molar-refractivity contribution in [1.29, 1.82) is 0 Å². The van der Waals surface area contributed by atoms with Crippen LogP contribution in [0.5, 0.6) is 0 Å². The minimum absolute atomic E-state index is 0.117. The van der Waals surface area contributed by atoms with E-state index in [1.807, 2.05) is 0 Å². The predicted octanol–water partition coefficient (Wildman–Crippen LogP) is 2.43. The van der Waals surface area contributed by atoms with Crippen molar-refractivity contribution in [3.63, 3.8) is 0 Å². The molecule has 24 heavy (non-hydrogen) atoms. The zero-order valence-corrected chi connectivity index (χ0v) is 12.8. The van der Waals surface area contributed by atoms with Crippen molar-refractivity contribution in [2.45, 2.75) is 18.9 Å². The molecule has 1 fully saturated rings. The summed E-state index contributed by atoms with van der Waals surface area (Å²) >= 11 is 0. The molecule has 0 unspecified atom stereocenters. The lowest BCUT2D eigenvalue weighted by molar-refractivity contribution is -0.121. The summed E-state index contributed by atoms with van der Waals surface area (Å²) < 4.78 is 25.8. The third-order valence-corrected chi connectivity index (χ3v) is 3.91. The smallest absolute Gasteiger partial charge is 0.229 e. The summed E-state index contributed by atoms with van der Waals surface area (Å²) in [5.41, 5.74) is 1.31. The molecular weight excluding hydrogens is 314 g/mol. The first-order valence-electron chi connectivity index (χ1n) is 7.61. The van der Waals surface area contributed by atoms with E-state index in [4.69, 9.17) is 0 Å². The van der Waals surface area contributed by atoms with Crippen LogP contribution < -0.4 is 10.2 Å². The van der Waals surface area contributed by atoms with Crippen LogP contribution in [0.1, 0.15) is 12.0 Å². The van der Waals surface area contributed by atoms with E-state index in [1.54, 1.807) is 12.1 Å². The Morgan fingerprint density at radius 3 is 2.25 bits per heavy atom. The van der Waals surface area contributed by atoms with Crippen LogP contribution in [0.4, 0.5) is 14.5 Å². The van der Waals surface area contributed by atoms with Gasteiger partial charge in [0.2, 0.25) is 11.8 Å². The van der Waals surface area contributed by atoms with Gasteiger partial charge in [0.1, 0.15) is 11.6 Å². The number of rotatable bonds is 4. The van der Waals surface area contributed by atoms with Crippen molar-refractivity contribution in [3.8, 4) is 0 Å². The van der Waals surface area contributed by atoms with Gasteiger partial charge in [-0.15, -0.1) is 0 Å². The zero-order chi connectivity index (χ0) is 17.1. The molecular formula is C18H16F2N2O2. The molecule has 0 radical (unpaired) electrons. The third-order valence-electron chi connectivity index (χ3n) is 3.91. The second-order valence-electron chi connectivity index (χ2n) is 5.75. The van der Waals surface area contributed by atoms with Gasteiger partial charge in [-0.3, -0.25) is 9.59 Å². The standard InChI is InChI=1S/C18H16F2N2O2/c19-13-3-1-12(2-4-13)9-17(23)21-15-10-18(24)22(11-15)16-7-5-14(20)6-8-16/h1-8,15H,9-11H2,(H,21,23)/t15-/m1/s1. The summed E-state index contributed by atoms with van der Waals surface area (Å²) in [5, 5.41) is 2.81. The summed E-state index contributed by atoms with van der Waals surface area (Å²) in [6.45, 7) is 0.347. The Morgan fingerprint density at radius 2 is 1.62 bits per heavy atom. The molecule has 0 spiro atoms. The SMILES string of the molecule is O=C(Cc1ccc(F)cc1)N[C@@H]1CC(=O)N(c2ccc(F)cc2)C1. The number of hydrogen-bond acceptors (Lipinski definition) is 2. The predicted molar refractivity (Wildman–Crippen MR) is 85.4 cm³/mol. The second-order valence-corrected chi connectivity index (χ2v) is 5.75. The number of carbonyl (C=O) groups is 2. The summed E-state index contributed by atoms with van der Waals surface area (Å²) in [6, 6.07) is 11.1. The lowest BCUT2D eigenvalue weighted by Gasteiger charge is -2.17. The fourth-order valence-corrected chi connectivity index (χ4v) is 2.74. The fourth-order valence-electron chi connectivity index (χ4n) is 2.74. The monoisotopic (exact) mass is 330 g/mol. The summed E-state index contributed by atoms with van der Waals surface area (Å²) in [6.07, 6.45) is 0.327. The van der Waals surface area contributed by atoms with E-state index in [1.165, 1.54) is 41.3 Å². The average Bonchev–Trinajstić information content (AvgIpc) is 2.90. The first kappa shape index (κ1) is 16.1. The Kier molecular flexibility index (Phi) is 4.55. The molecule has 2 aromatic carbocycles.